The molecule has 5 heteroatoms. The molecule has 1 amide bonds. The first-order chi connectivity index (χ1) is 11.3. The van der Waals surface area contributed by atoms with Crippen molar-refractivity contribution in [2.75, 3.05) is 50.9 Å². The van der Waals surface area contributed by atoms with Crippen molar-refractivity contribution in [2.24, 2.45) is 5.92 Å². The zero-order valence-electron chi connectivity index (χ0n) is 14.4. The average Bonchev–Trinajstić information content (AvgIpc) is 2.99. The summed E-state index contributed by atoms with van der Waals surface area (Å²) in [5.74, 6) is 3.54. The van der Waals surface area contributed by atoms with Crippen LogP contribution in [0.2, 0.25) is 0 Å². The maximum Gasteiger partial charge on any atom is 0.222 e. The maximum absolute atomic E-state index is 12.8. The molecule has 3 fully saturated rings. The van der Waals surface area contributed by atoms with E-state index in [0.29, 0.717) is 11.9 Å². The van der Waals surface area contributed by atoms with Crippen molar-refractivity contribution in [3.05, 3.63) is 0 Å². The summed E-state index contributed by atoms with van der Waals surface area (Å²) < 4.78 is 5.46. The largest absolute Gasteiger partial charge is 0.379 e. The van der Waals surface area contributed by atoms with Gasteiger partial charge in [0.25, 0.3) is 0 Å². The Morgan fingerprint density at radius 3 is 2.65 bits per heavy atom. The standard InChI is InChI=1S/C18H32N2O2S/c21-18(7-6-16-4-1-2-5-16)20-8-3-13-23-15-17(20)14-19-9-11-22-12-10-19/h16-17H,1-15H2. The van der Waals surface area contributed by atoms with Gasteiger partial charge in [-0.2, -0.15) is 11.8 Å². The van der Waals surface area contributed by atoms with Crippen LogP contribution in [0.5, 0.6) is 0 Å². The van der Waals surface area contributed by atoms with Crippen LogP contribution in [-0.4, -0.2) is 72.6 Å². The molecule has 1 saturated carbocycles. The Bertz CT molecular complexity index is 368. The number of amides is 1. The zero-order chi connectivity index (χ0) is 15.9. The molecule has 132 valence electrons. The molecule has 0 spiro atoms. The molecule has 1 unspecified atom stereocenters. The van der Waals surface area contributed by atoms with Gasteiger partial charge in [0.05, 0.1) is 19.3 Å². The van der Waals surface area contributed by atoms with Gasteiger partial charge in [0.2, 0.25) is 5.91 Å². The van der Waals surface area contributed by atoms with Crippen molar-refractivity contribution in [1.29, 1.82) is 0 Å². The van der Waals surface area contributed by atoms with Gasteiger partial charge in [-0.15, -0.1) is 0 Å². The lowest BCUT2D eigenvalue weighted by atomic mass is 10.0. The summed E-state index contributed by atoms with van der Waals surface area (Å²) in [7, 11) is 0. The zero-order valence-corrected chi connectivity index (χ0v) is 15.2. The third-order valence-electron chi connectivity index (χ3n) is 5.57. The predicted molar refractivity (Wildman–Crippen MR) is 95.9 cm³/mol. The Morgan fingerprint density at radius 2 is 1.87 bits per heavy atom. The molecule has 0 aromatic rings. The number of ether oxygens (including phenoxy) is 1. The molecular weight excluding hydrogens is 308 g/mol. The second-order valence-electron chi connectivity index (χ2n) is 7.27. The van der Waals surface area contributed by atoms with Gasteiger partial charge in [0, 0.05) is 38.4 Å². The van der Waals surface area contributed by atoms with Gasteiger partial charge < -0.3 is 9.64 Å². The number of carbonyl (C=O) groups excluding carboxylic acids is 1. The van der Waals surface area contributed by atoms with Crippen LogP contribution < -0.4 is 0 Å². The number of thioether (sulfide) groups is 1. The predicted octanol–water partition coefficient (Wildman–Crippen LogP) is 2.62. The van der Waals surface area contributed by atoms with Crippen LogP contribution in [0.4, 0.5) is 0 Å². The molecule has 4 nitrogen and oxygen atoms in total. The minimum atomic E-state index is 0.400. The number of nitrogens with zero attached hydrogens (tertiary/aromatic N) is 2. The van der Waals surface area contributed by atoms with Crippen LogP contribution in [0.3, 0.4) is 0 Å². The monoisotopic (exact) mass is 340 g/mol. The summed E-state index contributed by atoms with van der Waals surface area (Å²) in [6, 6.07) is 0.400. The first-order valence-corrected chi connectivity index (χ1v) is 10.7. The van der Waals surface area contributed by atoms with Crippen LogP contribution in [-0.2, 0) is 9.53 Å². The van der Waals surface area contributed by atoms with E-state index in [1.807, 2.05) is 11.8 Å². The fourth-order valence-electron chi connectivity index (χ4n) is 4.16. The second-order valence-corrected chi connectivity index (χ2v) is 8.42. The Balaban J connectivity index is 1.52. The van der Waals surface area contributed by atoms with Crippen molar-refractivity contribution < 1.29 is 9.53 Å². The lowest BCUT2D eigenvalue weighted by Crippen LogP contribution is -2.50. The summed E-state index contributed by atoms with van der Waals surface area (Å²) in [4.78, 5) is 17.5. The lowest BCUT2D eigenvalue weighted by Gasteiger charge is -2.36. The highest BCUT2D eigenvalue weighted by Gasteiger charge is 2.28. The van der Waals surface area contributed by atoms with E-state index in [0.717, 1.165) is 70.3 Å². The van der Waals surface area contributed by atoms with E-state index in [1.165, 1.54) is 31.4 Å². The first kappa shape index (κ1) is 17.6. The van der Waals surface area contributed by atoms with E-state index in [4.69, 9.17) is 4.74 Å². The number of hydrogen-bond donors (Lipinski definition) is 0. The van der Waals surface area contributed by atoms with Gasteiger partial charge in [-0.25, -0.2) is 0 Å². The van der Waals surface area contributed by atoms with E-state index in [9.17, 15) is 4.79 Å². The Hall–Kier alpha value is -0.260. The highest BCUT2D eigenvalue weighted by Crippen LogP contribution is 2.29. The van der Waals surface area contributed by atoms with Crippen molar-refractivity contribution >= 4 is 17.7 Å². The fourth-order valence-corrected chi connectivity index (χ4v) is 5.22. The van der Waals surface area contributed by atoms with Crippen molar-refractivity contribution in [2.45, 2.75) is 51.0 Å². The van der Waals surface area contributed by atoms with Crippen molar-refractivity contribution in [3.63, 3.8) is 0 Å². The Kier molecular flexibility index (Phi) is 7.09. The minimum absolute atomic E-state index is 0.400. The first-order valence-electron chi connectivity index (χ1n) is 9.50. The molecule has 2 heterocycles. The summed E-state index contributed by atoms with van der Waals surface area (Å²) in [6.07, 6.45) is 8.49. The van der Waals surface area contributed by atoms with Crippen LogP contribution >= 0.6 is 11.8 Å². The molecule has 0 radical (unpaired) electrons. The smallest absolute Gasteiger partial charge is 0.222 e. The lowest BCUT2D eigenvalue weighted by molar-refractivity contribution is -0.134. The van der Waals surface area contributed by atoms with E-state index < -0.39 is 0 Å². The third-order valence-corrected chi connectivity index (χ3v) is 6.77. The van der Waals surface area contributed by atoms with E-state index in [-0.39, 0.29) is 0 Å². The molecule has 0 aromatic heterocycles. The van der Waals surface area contributed by atoms with Crippen molar-refractivity contribution in [1.82, 2.24) is 9.80 Å². The summed E-state index contributed by atoms with van der Waals surface area (Å²) >= 11 is 2.03. The van der Waals surface area contributed by atoms with Crippen LogP contribution in [0.1, 0.15) is 44.9 Å². The van der Waals surface area contributed by atoms with Crippen LogP contribution in [0, 0.1) is 5.92 Å². The van der Waals surface area contributed by atoms with Gasteiger partial charge in [-0.3, -0.25) is 9.69 Å². The topological polar surface area (TPSA) is 32.8 Å². The number of rotatable bonds is 5. The molecule has 1 atom stereocenters. The second kappa shape index (κ2) is 9.28. The van der Waals surface area contributed by atoms with Gasteiger partial charge >= 0.3 is 0 Å². The molecule has 2 aliphatic heterocycles. The molecule has 23 heavy (non-hydrogen) atoms. The van der Waals surface area contributed by atoms with Gasteiger partial charge in [0.1, 0.15) is 0 Å². The molecule has 3 aliphatic rings. The molecule has 3 rings (SSSR count). The number of carbonyl (C=O) groups is 1. The van der Waals surface area contributed by atoms with Crippen LogP contribution in [0.25, 0.3) is 0 Å². The summed E-state index contributed by atoms with van der Waals surface area (Å²) in [5.41, 5.74) is 0. The van der Waals surface area contributed by atoms with Crippen molar-refractivity contribution in [3.8, 4) is 0 Å². The Labute approximate surface area is 145 Å². The molecule has 0 aromatic carbocycles. The minimum Gasteiger partial charge on any atom is -0.379 e. The highest BCUT2D eigenvalue weighted by molar-refractivity contribution is 7.99. The molecule has 2 saturated heterocycles. The van der Waals surface area contributed by atoms with Gasteiger partial charge in [-0.05, 0) is 24.5 Å². The van der Waals surface area contributed by atoms with E-state index in [2.05, 4.69) is 9.80 Å². The van der Waals surface area contributed by atoms with E-state index in [1.54, 1.807) is 0 Å². The Morgan fingerprint density at radius 1 is 1.09 bits per heavy atom. The number of hydrogen-bond acceptors (Lipinski definition) is 4. The summed E-state index contributed by atoms with van der Waals surface area (Å²) in [5, 5.41) is 0. The average molecular weight is 341 g/mol. The quantitative estimate of drug-likeness (QED) is 0.770. The normalized spacial score (nSPS) is 28.0. The van der Waals surface area contributed by atoms with Gasteiger partial charge in [-0.1, -0.05) is 25.7 Å². The molecule has 1 aliphatic carbocycles. The maximum atomic E-state index is 12.8. The van der Waals surface area contributed by atoms with Crippen LogP contribution in [0.15, 0.2) is 0 Å². The highest BCUT2D eigenvalue weighted by atomic mass is 32.2. The number of morpholine rings is 1. The summed E-state index contributed by atoms with van der Waals surface area (Å²) in [6.45, 7) is 5.72. The third kappa shape index (κ3) is 5.36. The fraction of sp³-hybridized carbons (Fsp3) is 0.944. The molecule has 0 N–H and O–H groups in total. The molecular formula is C18H32N2O2S. The SMILES string of the molecule is O=C(CCC1CCCC1)N1CCCSCC1CN1CCOCC1. The van der Waals surface area contributed by atoms with E-state index >= 15 is 0 Å². The molecule has 0 bridgehead atoms. The van der Waals surface area contributed by atoms with Gasteiger partial charge in [0.15, 0.2) is 0 Å².